The summed E-state index contributed by atoms with van der Waals surface area (Å²) in [6.45, 7) is 3.99. The lowest BCUT2D eigenvalue weighted by molar-refractivity contribution is -0.122. The molecule has 1 aliphatic heterocycles. The lowest BCUT2D eigenvalue weighted by atomic mass is 9.86. The molecular formula is C19H18BrNO2. The minimum Gasteiger partial charge on any atom is -0.274 e. The average Bonchev–Trinajstić information content (AvgIpc) is 2.85. The van der Waals surface area contributed by atoms with Crippen LogP contribution in [0.2, 0.25) is 0 Å². The van der Waals surface area contributed by atoms with Crippen LogP contribution in [0.3, 0.4) is 0 Å². The Morgan fingerprint density at radius 2 is 1.83 bits per heavy atom. The Morgan fingerprint density at radius 1 is 1.13 bits per heavy atom. The van der Waals surface area contributed by atoms with Gasteiger partial charge in [-0.2, -0.15) is 0 Å². The quantitative estimate of drug-likeness (QED) is 0.747. The van der Waals surface area contributed by atoms with Gasteiger partial charge in [0.1, 0.15) is 0 Å². The first-order valence-electron chi connectivity index (χ1n) is 7.67. The number of amides is 2. The Balaban J connectivity index is 1.89. The van der Waals surface area contributed by atoms with Crippen LogP contribution in [-0.4, -0.2) is 11.8 Å². The van der Waals surface area contributed by atoms with E-state index in [1.54, 1.807) is 0 Å². The molecule has 0 unspecified atom stereocenters. The number of imide groups is 1. The fraction of sp³-hybridized carbons (Fsp3) is 0.263. The molecule has 1 fully saturated rings. The molecule has 4 heteroatoms. The van der Waals surface area contributed by atoms with E-state index in [0.717, 1.165) is 15.6 Å². The summed E-state index contributed by atoms with van der Waals surface area (Å²) < 4.78 is 0.898. The number of hydrogen-bond donors (Lipinski definition) is 0. The van der Waals surface area contributed by atoms with Gasteiger partial charge in [0.05, 0.1) is 11.6 Å². The summed E-state index contributed by atoms with van der Waals surface area (Å²) in [6.07, 6.45) is 0.264. The van der Waals surface area contributed by atoms with E-state index >= 15 is 0 Å². The summed E-state index contributed by atoms with van der Waals surface area (Å²) in [5.74, 6) is -0.517. The predicted octanol–water partition coefficient (Wildman–Crippen LogP) is 4.44. The van der Waals surface area contributed by atoms with Crippen LogP contribution in [0.4, 0.5) is 5.69 Å². The van der Waals surface area contributed by atoms with Crippen molar-refractivity contribution in [1.82, 2.24) is 0 Å². The van der Waals surface area contributed by atoms with Gasteiger partial charge in [-0.15, -0.1) is 0 Å². The van der Waals surface area contributed by atoms with Crippen molar-refractivity contribution < 1.29 is 9.59 Å². The van der Waals surface area contributed by atoms with Crippen molar-refractivity contribution >= 4 is 33.4 Å². The number of carbonyl (C=O) groups is 2. The number of carbonyl (C=O) groups excluding carboxylic acids is 2. The van der Waals surface area contributed by atoms with Crippen LogP contribution < -0.4 is 4.90 Å². The topological polar surface area (TPSA) is 37.4 Å². The molecule has 2 atom stereocenters. The normalized spacial score (nSPS) is 19.3. The second-order valence-electron chi connectivity index (χ2n) is 6.01. The lowest BCUT2D eigenvalue weighted by Crippen LogP contribution is -2.31. The number of rotatable bonds is 3. The van der Waals surface area contributed by atoms with Crippen LogP contribution in [-0.2, 0) is 9.59 Å². The molecule has 0 radical (unpaired) electrons. The Hall–Kier alpha value is -1.94. The second kappa shape index (κ2) is 6.28. The summed E-state index contributed by atoms with van der Waals surface area (Å²) in [4.78, 5) is 26.6. The number of aryl methyl sites for hydroxylation is 1. The molecule has 3 nitrogen and oxygen atoms in total. The molecule has 2 aromatic rings. The van der Waals surface area contributed by atoms with Crippen molar-refractivity contribution in [1.29, 1.82) is 0 Å². The maximum atomic E-state index is 12.8. The average molecular weight is 372 g/mol. The number of anilines is 1. The van der Waals surface area contributed by atoms with Crippen molar-refractivity contribution in [2.45, 2.75) is 26.2 Å². The molecule has 1 aliphatic rings. The first kappa shape index (κ1) is 15.9. The second-order valence-corrected chi connectivity index (χ2v) is 6.87. The van der Waals surface area contributed by atoms with Gasteiger partial charge in [0.15, 0.2) is 0 Å². The third-order valence-corrected chi connectivity index (χ3v) is 5.38. The molecule has 3 rings (SSSR count). The zero-order valence-electron chi connectivity index (χ0n) is 13.1. The molecule has 2 amide bonds. The van der Waals surface area contributed by atoms with Gasteiger partial charge in [-0.3, -0.25) is 14.5 Å². The van der Waals surface area contributed by atoms with Crippen molar-refractivity contribution in [3.63, 3.8) is 0 Å². The third kappa shape index (κ3) is 2.95. The molecule has 2 aromatic carbocycles. The summed E-state index contributed by atoms with van der Waals surface area (Å²) in [6, 6.07) is 15.5. The number of hydrogen-bond acceptors (Lipinski definition) is 2. The van der Waals surface area contributed by atoms with Crippen molar-refractivity contribution in [3.05, 3.63) is 64.1 Å². The lowest BCUT2D eigenvalue weighted by Gasteiger charge is -2.19. The van der Waals surface area contributed by atoms with E-state index in [-0.39, 0.29) is 30.1 Å². The molecule has 23 heavy (non-hydrogen) atoms. The maximum Gasteiger partial charge on any atom is 0.237 e. The maximum absolute atomic E-state index is 12.8. The van der Waals surface area contributed by atoms with E-state index in [9.17, 15) is 9.59 Å². The highest BCUT2D eigenvalue weighted by atomic mass is 79.9. The summed E-state index contributed by atoms with van der Waals surface area (Å²) in [5, 5.41) is 0. The van der Waals surface area contributed by atoms with E-state index < -0.39 is 0 Å². The summed E-state index contributed by atoms with van der Waals surface area (Å²) >= 11 is 3.46. The van der Waals surface area contributed by atoms with Gasteiger partial charge in [0, 0.05) is 10.9 Å². The van der Waals surface area contributed by atoms with Crippen molar-refractivity contribution in [2.24, 2.45) is 5.92 Å². The largest absolute Gasteiger partial charge is 0.274 e. The standard InChI is InChI=1S/C19H18BrNO2/c1-12-8-9-15(10-17(12)20)21-18(22)11-16(19(21)23)13(2)14-6-4-3-5-7-14/h3-10,13,16H,11H2,1-2H3/t13-,16+/m0/s1. The van der Waals surface area contributed by atoms with Crippen LogP contribution in [0.5, 0.6) is 0 Å². The highest BCUT2D eigenvalue weighted by Gasteiger charge is 2.42. The Bertz CT molecular complexity index is 757. The number of nitrogens with zero attached hydrogens (tertiary/aromatic N) is 1. The highest BCUT2D eigenvalue weighted by Crippen LogP contribution is 2.36. The molecule has 0 N–H and O–H groups in total. The molecule has 0 bridgehead atoms. The zero-order valence-corrected chi connectivity index (χ0v) is 14.7. The van der Waals surface area contributed by atoms with Crippen molar-refractivity contribution in [2.75, 3.05) is 4.90 Å². The van der Waals surface area contributed by atoms with E-state index in [4.69, 9.17) is 0 Å². The smallest absolute Gasteiger partial charge is 0.237 e. The first-order valence-corrected chi connectivity index (χ1v) is 8.46. The molecule has 1 saturated heterocycles. The van der Waals surface area contributed by atoms with Gasteiger partial charge in [-0.05, 0) is 36.1 Å². The van der Waals surface area contributed by atoms with Crippen LogP contribution >= 0.6 is 15.9 Å². The Kier molecular flexibility index (Phi) is 4.35. The SMILES string of the molecule is Cc1ccc(N2C(=O)C[C@H]([C@@H](C)c3ccccc3)C2=O)cc1Br. The van der Waals surface area contributed by atoms with Gasteiger partial charge in [0.2, 0.25) is 11.8 Å². The van der Waals surface area contributed by atoms with Crippen LogP contribution in [0.1, 0.15) is 30.4 Å². The summed E-state index contributed by atoms with van der Waals surface area (Å²) in [7, 11) is 0. The highest BCUT2D eigenvalue weighted by molar-refractivity contribution is 9.10. The molecule has 0 aliphatic carbocycles. The van der Waals surface area contributed by atoms with Crippen molar-refractivity contribution in [3.8, 4) is 0 Å². The first-order chi connectivity index (χ1) is 11.0. The molecule has 0 aromatic heterocycles. The number of benzene rings is 2. The van der Waals surface area contributed by atoms with Gasteiger partial charge in [-0.25, -0.2) is 0 Å². The molecule has 0 spiro atoms. The predicted molar refractivity (Wildman–Crippen MR) is 94.3 cm³/mol. The molecular weight excluding hydrogens is 354 g/mol. The molecule has 118 valence electrons. The van der Waals surface area contributed by atoms with E-state index in [0.29, 0.717) is 5.69 Å². The van der Waals surface area contributed by atoms with E-state index in [1.807, 2.05) is 62.4 Å². The summed E-state index contributed by atoms with van der Waals surface area (Å²) in [5.41, 5.74) is 2.80. The van der Waals surface area contributed by atoms with Gasteiger partial charge in [-0.1, -0.05) is 59.3 Å². The third-order valence-electron chi connectivity index (χ3n) is 4.52. The monoisotopic (exact) mass is 371 g/mol. The van der Waals surface area contributed by atoms with Crippen LogP contribution in [0.15, 0.2) is 53.0 Å². The minimum atomic E-state index is -0.301. The van der Waals surface area contributed by atoms with Crippen LogP contribution in [0.25, 0.3) is 0 Å². The minimum absolute atomic E-state index is 0.0199. The number of halogens is 1. The van der Waals surface area contributed by atoms with Gasteiger partial charge < -0.3 is 0 Å². The van der Waals surface area contributed by atoms with E-state index in [2.05, 4.69) is 15.9 Å². The van der Waals surface area contributed by atoms with Gasteiger partial charge in [0.25, 0.3) is 0 Å². The van der Waals surface area contributed by atoms with E-state index in [1.165, 1.54) is 4.90 Å². The molecule has 0 saturated carbocycles. The fourth-order valence-corrected chi connectivity index (χ4v) is 3.39. The van der Waals surface area contributed by atoms with Crippen LogP contribution in [0, 0.1) is 12.8 Å². The Morgan fingerprint density at radius 3 is 2.48 bits per heavy atom. The zero-order chi connectivity index (χ0) is 16.6. The fourth-order valence-electron chi connectivity index (χ4n) is 3.03. The van der Waals surface area contributed by atoms with Gasteiger partial charge >= 0.3 is 0 Å². The Labute approximate surface area is 144 Å². The molecule has 1 heterocycles.